The third-order valence-corrected chi connectivity index (χ3v) is 3.13. The monoisotopic (exact) mass is 310 g/mol. The van der Waals surface area contributed by atoms with E-state index < -0.39 is 5.60 Å². The van der Waals surface area contributed by atoms with Gasteiger partial charge in [0.2, 0.25) is 0 Å². The van der Waals surface area contributed by atoms with Gasteiger partial charge in [0, 0.05) is 31.0 Å². The predicted octanol–water partition coefficient (Wildman–Crippen LogP) is 2.89. The number of carbonyl (C=O) groups excluding carboxylic acids is 1. The van der Waals surface area contributed by atoms with Crippen molar-refractivity contribution in [3.63, 3.8) is 0 Å². The first-order valence-corrected chi connectivity index (χ1v) is 8.01. The Morgan fingerprint density at radius 3 is 2.73 bits per heavy atom. The first kappa shape index (κ1) is 18.5. The lowest BCUT2D eigenvalue weighted by Gasteiger charge is -2.22. The maximum absolute atomic E-state index is 11.7. The molecular weight excluding hydrogens is 280 g/mol. The number of aryl methyl sites for hydroxylation is 1. The van der Waals surface area contributed by atoms with Gasteiger partial charge in [-0.2, -0.15) is 0 Å². The van der Waals surface area contributed by atoms with Crippen LogP contribution in [0.4, 0.5) is 4.79 Å². The average molecular weight is 310 g/mol. The van der Waals surface area contributed by atoms with Crippen molar-refractivity contribution >= 4 is 6.09 Å². The van der Waals surface area contributed by atoms with Gasteiger partial charge in [-0.15, -0.1) is 0 Å². The normalized spacial score (nSPS) is 13.0. The molecule has 1 heterocycles. The molecule has 1 amide bonds. The van der Waals surface area contributed by atoms with E-state index >= 15 is 0 Å². The van der Waals surface area contributed by atoms with Gasteiger partial charge < -0.3 is 20.4 Å². The van der Waals surface area contributed by atoms with Crippen molar-refractivity contribution in [2.24, 2.45) is 0 Å². The Labute approximate surface area is 133 Å². The summed E-state index contributed by atoms with van der Waals surface area (Å²) in [5, 5.41) is 6.30. The highest BCUT2D eigenvalue weighted by molar-refractivity contribution is 5.67. The summed E-state index contributed by atoms with van der Waals surface area (Å²) in [7, 11) is 0. The number of aromatic nitrogens is 2. The summed E-state index contributed by atoms with van der Waals surface area (Å²) in [5.41, 5.74) is 0.584. The van der Waals surface area contributed by atoms with Crippen LogP contribution in [0.2, 0.25) is 0 Å². The Bertz CT molecular complexity index is 451. The van der Waals surface area contributed by atoms with Crippen molar-refractivity contribution in [2.45, 2.75) is 72.1 Å². The van der Waals surface area contributed by atoms with Gasteiger partial charge in [-0.1, -0.05) is 19.8 Å². The van der Waals surface area contributed by atoms with Gasteiger partial charge in [-0.3, -0.25) is 0 Å². The van der Waals surface area contributed by atoms with Gasteiger partial charge >= 0.3 is 6.09 Å². The molecular formula is C16H30N4O2. The van der Waals surface area contributed by atoms with Gasteiger partial charge in [-0.25, -0.2) is 9.78 Å². The summed E-state index contributed by atoms with van der Waals surface area (Å²) >= 11 is 0. The maximum atomic E-state index is 11.7. The summed E-state index contributed by atoms with van der Waals surface area (Å²) < 4.78 is 5.26. The van der Waals surface area contributed by atoms with Crippen molar-refractivity contribution in [1.82, 2.24) is 20.6 Å². The van der Waals surface area contributed by atoms with Crippen LogP contribution in [0.5, 0.6) is 0 Å². The number of nitrogens with one attached hydrogen (secondary N) is 3. The molecule has 1 rings (SSSR count). The van der Waals surface area contributed by atoms with E-state index in [0.29, 0.717) is 13.1 Å². The molecule has 3 N–H and O–H groups in total. The minimum atomic E-state index is -0.468. The Morgan fingerprint density at radius 1 is 1.45 bits per heavy atom. The quantitative estimate of drug-likeness (QED) is 0.690. The number of H-pyrrole nitrogens is 1. The number of ether oxygens (including phenoxy) is 1. The van der Waals surface area contributed by atoms with Gasteiger partial charge in [-0.05, 0) is 34.1 Å². The molecule has 126 valence electrons. The van der Waals surface area contributed by atoms with Crippen LogP contribution in [0, 0.1) is 6.92 Å². The molecule has 0 aromatic carbocycles. The van der Waals surface area contributed by atoms with Crippen LogP contribution >= 0.6 is 0 Å². The Hall–Kier alpha value is -1.56. The first-order valence-electron chi connectivity index (χ1n) is 8.01. The number of nitrogens with zero attached hydrogens (tertiary/aromatic N) is 1. The summed E-state index contributed by atoms with van der Waals surface area (Å²) in [6.45, 7) is 11.0. The molecule has 6 heteroatoms. The van der Waals surface area contributed by atoms with Crippen molar-refractivity contribution in [2.75, 3.05) is 6.54 Å². The van der Waals surface area contributed by atoms with Gasteiger partial charge in [0.15, 0.2) is 0 Å². The fourth-order valence-corrected chi connectivity index (χ4v) is 2.06. The van der Waals surface area contributed by atoms with E-state index in [0.717, 1.165) is 30.8 Å². The zero-order chi connectivity index (χ0) is 16.6. The predicted molar refractivity (Wildman–Crippen MR) is 87.7 cm³/mol. The van der Waals surface area contributed by atoms with Crippen LogP contribution in [-0.2, 0) is 11.3 Å². The smallest absolute Gasteiger partial charge is 0.407 e. The molecule has 0 radical (unpaired) electrons. The molecule has 0 saturated carbocycles. The number of alkyl carbamates (subject to hydrolysis) is 1. The standard InChI is InChI=1S/C16H30N4O2/c1-6-7-8-13(9-19-15(21)22-16(3,4)5)18-11-14-10-17-12(2)20-14/h10,13,18H,6-9,11H2,1-5H3,(H,17,20)(H,19,21). The lowest BCUT2D eigenvalue weighted by Crippen LogP contribution is -2.42. The van der Waals surface area contributed by atoms with E-state index in [4.69, 9.17) is 4.74 Å². The maximum Gasteiger partial charge on any atom is 0.407 e. The van der Waals surface area contributed by atoms with E-state index in [1.165, 1.54) is 0 Å². The van der Waals surface area contributed by atoms with Crippen LogP contribution in [0.25, 0.3) is 0 Å². The number of aromatic amines is 1. The zero-order valence-electron chi connectivity index (χ0n) is 14.5. The molecule has 0 saturated heterocycles. The molecule has 1 aromatic heterocycles. The molecule has 0 aliphatic carbocycles. The topological polar surface area (TPSA) is 79.0 Å². The number of unbranched alkanes of at least 4 members (excludes halogenated alkanes) is 1. The van der Waals surface area contributed by atoms with Crippen molar-refractivity contribution in [3.8, 4) is 0 Å². The van der Waals surface area contributed by atoms with Crippen LogP contribution in [-0.4, -0.2) is 34.2 Å². The molecule has 0 aliphatic rings. The fourth-order valence-electron chi connectivity index (χ4n) is 2.06. The number of hydrogen-bond donors (Lipinski definition) is 3. The molecule has 0 aliphatic heterocycles. The highest BCUT2D eigenvalue weighted by Crippen LogP contribution is 2.07. The number of carbonyl (C=O) groups is 1. The Kier molecular flexibility index (Phi) is 7.38. The summed E-state index contributed by atoms with van der Waals surface area (Å²) in [4.78, 5) is 19.1. The molecule has 1 unspecified atom stereocenters. The van der Waals surface area contributed by atoms with Gasteiger partial charge in [0.1, 0.15) is 11.4 Å². The summed E-state index contributed by atoms with van der Waals surface area (Å²) in [5.74, 6) is 0.911. The minimum Gasteiger partial charge on any atom is -0.444 e. The third kappa shape index (κ3) is 8.02. The van der Waals surface area contributed by atoms with E-state index in [1.54, 1.807) is 0 Å². The van der Waals surface area contributed by atoms with Crippen molar-refractivity contribution in [1.29, 1.82) is 0 Å². The number of imidazole rings is 1. The molecule has 1 aromatic rings. The highest BCUT2D eigenvalue weighted by atomic mass is 16.6. The number of rotatable bonds is 8. The van der Waals surface area contributed by atoms with E-state index in [1.807, 2.05) is 33.9 Å². The number of hydrogen-bond acceptors (Lipinski definition) is 4. The largest absolute Gasteiger partial charge is 0.444 e. The highest BCUT2D eigenvalue weighted by Gasteiger charge is 2.17. The average Bonchev–Trinajstić information content (AvgIpc) is 2.81. The van der Waals surface area contributed by atoms with Gasteiger partial charge in [0.05, 0.1) is 0 Å². The van der Waals surface area contributed by atoms with Crippen LogP contribution < -0.4 is 10.6 Å². The van der Waals surface area contributed by atoms with Crippen LogP contribution in [0.1, 0.15) is 58.5 Å². The second-order valence-corrected chi connectivity index (χ2v) is 6.60. The SMILES string of the molecule is CCCCC(CNC(=O)OC(C)(C)C)NCc1cnc(C)[nH]1. The molecule has 1 atom stereocenters. The second kappa shape index (κ2) is 8.78. The molecule has 0 bridgehead atoms. The zero-order valence-corrected chi connectivity index (χ0v) is 14.5. The summed E-state index contributed by atoms with van der Waals surface area (Å²) in [6.07, 6.45) is 4.73. The van der Waals surface area contributed by atoms with Gasteiger partial charge in [0.25, 0.3) is 0 Å². The minimum absolute atomic E-state index is 0.219. The number of amides is 1. The molecule has 6 nitrogen and oxygen atoms in total. The fraction of sp³-hybridized carbons (Fsp3) is 0.750. The Morgan fingerprint density at radius 2 is 2.18 bits per heavy atom. The second-order valence-electron chi connectivity index (χ2n) is 6.60. The molecule has 0 fully saturated rings. The lowest BCUT2D eigenvalue weighted by atomic mass is 10.1. The third-order valence-electron chi connectivity index (χ3n) is 3.13. The lowest BCUT2D eigenvalue weighted by molar-refractivity contribution is 0.0521. The van der Waals surface area contributed by atoms with Crippen molar-refractivity contribution < 1.29 is 9.53 Å². The first-order chi connectivity index (χ1) is 10.3. The Balaban J connectivity index is 2.41. The summed E-state index contributed by atoms with van der Waals surface area (Å²) in [6, 6.07) is 0.219. The van der Waals surface area contributed by atoms with E-state index in [-0.39, 0.29) is 12.1 Å². The molecule has 22 heavy (non-hydrogen) atoms. The van der Waals surface area contributed by atoms with Crippen molar-refractivity contribution in [3.05, 3.63) is 17.7 Å². The molecule has 0 spiro atoms. The van der Waals surface area contributed by atoms with E-state index in [2.05, 4.69) is 27.5 Å². The van der Waals surface area contributed by atoms with Crippen LogP contribution in [0.3, 0.4) is 0 Å². The van der Waals surface area contributed by atoms with Crippen LogP contribution in [0.15, 0.2) is 6.20 Å². The van der Waals surface area contributed by atoms with E-state index in [9.17, 15) is 4.79 Å².